The maximum absolute atomic E-state index is 12.9. The monoisotopic (exact) mass is 503 g/mol. The molecule has 2 heterocycles. The summed E-state index contributed by atoms with van der Waals surface area (Å²) in [6.07, 6.45) is 6.59. The first kappa shape index (κ1) is 25.6. The van der Waals surface area contributed by atoms with Crippen LogP contribution in [0, 0.1) is 12.8 Å². The van der Waals surface area contributed by atoms with Crippen molar-refractivity contribution in [3.63, 3.8) is 0 Å². The van der Waals surface area contributed by atoms with Gasteiger partial charge in [0, 0.05) is 47.9 Å². The Labute approximate surface area is 218 Å². The number of fused-ring (bicyclic) bond motifs is 1. The molecule has 2 aliphatic rings. The molecule has 0 spiro atoms. The number of hydrogen-bond acceptors (Lipinski definition) is 6. The Morgan fingerprint density at radius 1 is 1.16 bits per heavy atom. The van der Waals surface area contributed by atoms with Gasteiger partial charge in [0.2, 0.25) is 0 Å². The van der Waals surface area contributed by atoms with Crippen LogP contribution < -0.4 is 15.4 Å². The number of ether oxygens (including phenoxy) is 2. The molecule has 2 aromatic carbocycles. The summed E-state index contributed by atoms with van der Waals surface area (Å²) >= 11 is 0. The van der Waals surface area contributed by atoms with Gasteiger partial charge in [-0.2, -0.15) is 0 Å². The van der Waals surface area contributed by atoms with Gasteiger partial charge in [-0.15, -0.1) is 0 Å². The summed E-state index contributed by atoms with van der Waals surface area (Å²) in [5, 5.41) is 17.9. The number of hydrogen-bond donors (Lipinski definition) is 3. The molecule has 1 unspecified atom stereocenters. The highest BCUT2D eigenvalue weighted by Crippen LogP contribution is 2.29. The number of carbonyl (C=O) groups is 1. The summed E-state index contributed by atoms with van der Waals surface area (Å²) in [6, 6.07) is 13.8. The van der Waals surface area contributed by atoms with Gasteiger partial charge < -0.3 is 25.2 Å². The third-order valence-corrected chi connectivity index (χ3v) is 7.69. The van der Waals surface area contributed by atoms with Gasteiger partial charge in [0.15, 0.2) is 0 Å². The molecule has 37 heavy (non-hydrogen) atoms. The van der Waals surface area contributed by atoms with E-state index in [1.54, 1.807) is 12.1 Å². The zero-order valence-corrected chi connectivity index (χ0v) is 21.8. The lowest BCUT2D eigenvalue weighted by Gasteiger charge is -2.33. The van der Waals surface area contributed by atoms with E-state index >= 15 is 0 Å². The number of rotatable bonds is 8. The number of aliphatic hydroxyl groups is 1. The molecule has 0 radical (unpaired) electrons. The van der Waals surface area contributed by atoms with E-state index in [9.17, 15) is 9.90 Å². The fraction of sp³-hybridized carbons (Fsp3) is 0.467. The van der Waals surface area contributed by atoms with Crippen LogP contribution in [-0.4, -0.2) is 47.5 Å². The lowest BCUT2D eigenvalue weighted by Crippen LogP contribution is -2.39. The van der Waals surface area contributed by atoms with Crippen LogP contribution in [0.3, 0.4) is 0 Å². The van der Waals surface area contributed by atoms with E-state index in [2.05, 4.69) is 16.7 Å². The number of pyridine rings is 1. The summed E-state index contributed by atoms with van der Waals surface area (Å²) in [7, 11) is 0. The van der Waals surface area contributed by atoms with E-state index in [1.807, 2.05) is 44.3 Å². The van der Waals surface area contributed by atoms with Crippen molar-refractivity contribution < 1.29 is 19.4 Å². The number of anilines is 1. The Bertz CT molecular complexity index is 1230. The van der Waals surface area contributed by atoms with Gasteiger partial charge in [0.1, 0.15) is 5.75 Å². The summed E-state index contributed by atoms with van der Waals surface area (Å²) in [5.41, 5.74) is 3.77. The molecule has 7 heteroatoms. The third-order valence-electron chi connectivity index (χ3n) is 7.69. The van der Waals surface area contributed by atoms with Gasteiger partial charge in [-0.05, 0) is 93.5 Å². The number of nitrogens with zero attached hydrogens (tertiary/aromatic N) is 1. The highest BCUT2D eigenvalue weighted by atomic mass is 16.5. The van der Waals surface area contributed by atoms with Crippen LogP contribution in [0.4, 0.5) is 5.69 Å². The Balaban J connectivity index is 1.18. The van der Waals surface area contributed by atoms with Crippen molar-refractivity contribution >= 4 is 22.5 Å². The molecule has 3 N–H and O–H groups in total. The molecule has 0 bridgehead atoms. The fourth-order valence-electron chi connectivity index (χ4n) is 5.16. The number of amides is 1. The Hall–Kier alpha value is -3.00. The number of benzene rings is 2. The molecule has 5 rings (SSSR count). The zero-order valence-electron chi connectivity index (χ0n) is 21.8. The van der Waals surface area contributed by atoms with Gasteiger partial charge in [0.25, 0.3) is 5.91 Å². The molecule has 196 valence electrons. The normalized spacial score (nSPS) is 23.8. The van der Waals surface area contributed by atoms with E-state index in [1.165, 1.54) is 0 Å². The minimum absolute atomic E-state index is 0.162. The average Bonchev–Trinajstić information content (AvgIpc) is 3.42. The lowest BCUT2D eigenvalue weighted by molar-refractivity contribution is 0.0140. The summed E-state index contributed by atoms with van der Waals surface area (Å²) in [4.78, 5) is 17.6. The van der Waals surface area contributed by atoms with Crippen LogP contribution in [0.15, 0.2) is 48.7 Å². The van der Waals surface area contributed by atoms with E-state index in [-0.39, 0.29) is 5.91 Å². The zero-order chi connectivity index (χ0) is 25.8. The first-order chi connectivity index (χ1) is 17.9. The molecule has 1 saturated heterocycles. The molecule has 1 aromatic heterocycles. The maximum Gasteiger partial charge on any atom is 0.255 e. The van der Waals surface area contributed by atoms with Crippen molar-refractivity contribution in [2.45, 2.75) is 64.1 Å². The summed E-state index contributed by atoms with van der Waals surface area (Å²) < 4.78 is 11.2. The van der Waals surface area contributed by atoms with Gasteiger partial charge in [-0.3, -0.25) is 9.78 Å². The SMILES string of the molecule is Cc1c(NC(=O)c2ccc(OCC3CCOC3)cc2)ccc2cc(CNC3CCC(C)(O)CC3)cnc12. The predicted molar refractivity (Wildman–Crippen MR) is 145 cm³/mol. The minimum Gasteiger partial charge on any atom is -0.493 e. The topological polar surface area (TPSA) is 92.7 Å². The standard InChI is InChI=1S/C30H37N3O4/c1-20-27(33-29(34)23-3-6-26(7-4-23)37-19-21-11-14-36-18-21)8-5-24-15-22(17-32-28(20)24)16-31-25-9-12-30(2,35)13-10-25/h3-8,15,17,21,25,31,35H,9-14,16,18-19H2,1-2H3,(H,33,34). The molecular weight excluding hydrogens is 466 g/mol. The van der Waals surface area contributed by atoms with E-state index < -0.39 is 5.60 Å². The number of nitrogens with one attached hydrogen (secondary N) is 2. The van der Waals surface area contributed by atoms with Crippen molar-refractivity contribution in [1.82, 2.24) is 10.3 Å². The average molecular weight is 504 g/mol. The summed E-state index contributed by atoms with van der Waals surface area (Å²) in [5.74, 6) is 1.04. The predicted octanol–water partition coefficient (Wildman–Crippen LogP) is 4.99. The van der Waals surface area contributed by atoms with Crippen molar-refractivity contribution in [2.75, 3.05) is 25.1 Å². The van der Waals surface area contributed by atoms with Crippen LogP contribution in [-0.2, 0) is 11.3 Å². The molecule has 1 atom stereocenters. The van der Waals surface area contributed by atoms with Crippen molar-refractivity contribution in [2.24, 2.45) is 5.92 Å². The minimum atomic E-state index is -0.518. The van der Waals surface area contributed by atoms with Crippen LogP contribution in [0.5, 0.6) is 5.75 Å². The van der Waals surface area contributed by atoms with Crippen molar-refractivity contribution in [3.05, 3.63) is 65.4 Å². The van der Waals surface area contributed by atoms with Crippen molar-refractivity contribution in [1.29, 1.82) is 0 Å². The molecule has 1 aliphatic carbocycles. The number of aromatic nitrogens is 1. The highest BCUT2D eigenvalue weighted by Gasteiger charge is 2.28. The first-order valence-corrected chi connectivity index (χ1v) is 13.3. The molecule has 2 fully saturated rings. The second kappa shape index (κ2) is 11.2. The van der Waals surface area contributed by atoms with Crippen LogP contribution in [0.2, 0.25) is 0 Å². The number of carbonyl (C=O) groups excluding carboxylic acids is 1. The van der Waals surface area contributed by atoms with Gasteiger partial charge in [-0.1, -0.05) is 6.07 Å². The second-order valence-electron chi connectivity index (χ2n) is 10.8. The first-order valence-electron chi connectivity index (χ1n) is 13.3. The van der Waals surface area contributed by atoms with E-state index in [0.29, 0.717) is 24.1 Å². The van der Waals surface area contributed by atoms with Gasteiger partial charge in [0.05, 0.1) is 24.3 Å². The molecular formula is C30H37N3O4. The van der Waals surface area contributed by atoms with Crippen LogP contribution >= 0.6 is 0 Å². The molecule has 1 amide bonds. The summed E-state index contributed by atoms with van der Waals surface area (Å²) in [6.45, 7) is 6.86. The second-order valence-corrected chi connectivity index (χ2v) is 10.8. The number of aryl methyl sites for hydroxylation is 1. The van der Waals surface area contributed by atoms with Gasteiger partial charge >= 0.3 is 0 Å². The van der Waals surface area contributed by atoms with Crippen molar-refractivity contribution in [3.8, 4) is 5.75 Å². The maximum atomic E-state index is 12.9. The molecule has 1 saturated carbocycles. The van der Waals surface area contributed by atoms with Crippen LogP contribution in [0.25, 0.3) is 10.9 Å². The Morgan fingerprint density at radius 3 is 2.68 bits per heavy atom. The Kier molecular flexibility index (Phi) is 7.74. The third kappa shape index (κ3) is 6.47. The fourth-order valence-corrected chi connectivity index (χ4v) is 5.16. The molecule has 7 nitrogen and oxygen atoms in total. The van der Waals surface area contributed by atoms with Gasteiger partial charge in [-0.25, -0.2) is 0 Å². The van der Waals surface area contributed by atoms with Crippen LogP contribution in [0.1, 0.15) is 60.5 Å². The molecule has 3 aromatic rings. The largest absolute Gasteiger partial charge is 0.493 e. The van der Waals surface area contributed by atoms with E-state index in [4.69, 9.17) is 14.5 Å². The Morgan fingerprint density at radius 2 is 1.95 bits per heavy atom. The quantitative estimate of drug-likeness (QED) is 0.401. The van der Waals surface area contributed by atoms with E-state index in [0.717, 1.165) is 85.3 Å². The molecule has 1 aliphatic heterocycles. The lowest BCUT2D eigenvalue weighted by atomic mass is 9.83. The smallest absolute Gasteiger partial charge is 0.255 e. The highest BCUT2D eigenvalue weighted by molar-refractivity contribution is 6.06.